The van der Waals surface area contributed by atoms with Gasteiger partial charge in [-0.25, -0.2) is 14.8 Å². The van der Waals surface area contributed by atoms with Gasteiger partial charge in [-0.2, -0.15) is 0 Å². The zero-order valence-corrected chi connectivity index (χ0v) is 20.5. The number of fused-ring (bicyclic) bond motifs is 1. The number of aryl methyl sites for hydroxylation is 2. The molecule has 0 radical (unpaired) electrons. The molecule has 7 heteroatoms. The predicted octanol–water partition coefficient (Wildman–Crippen LogP) is 4.01. The highest BCUT2D eigenvalue weighted by Gasteiger charge is 2.32. The number of para-hydroxylation sites is 1. The molecule has 0 saturated carbocycles. The Morgan fingerprint density at radius 2 is 1.59 bits per heavy atom. The Kier molecular flexibility index (Phi) is 5.96. The van der Waals surface area contributed by atoms with E-state index in [1.165, 1.54) is 11.3 Å². The van der Waals surface area contributed by atoms with Gasteiger partial charge < -0.3 is 9.80 Å². The van der Waals surface area contributed by atoms with Crippen molar-refractivity contribution in [2.45, 2.75) is 26.8 Å². The molecular weight excluding hydrogens is 424 g/mol. The summed E-state index contributed by atoms with van der Waals surface area (Å²) in [6.07, 6.45) is 2.51. The van der Waals surface area contributed by atoms with E-state index in [4.69, 9.17) is 4.98 Å². The molecule has 1 aromatic heterocycles. The Morgan fingerprint density at radius 1 is 0.912 bits per heavy atom. The van der Waals surface area contributed by atoms with Gasteiger partial charge in [0.2, 0.25) is 0 Å². The van der Waals surface area contributed by atoms with Gasteiger partial charge in [0, 0.05) is 57.1 Å². The van der Waals surface area contributed by atoms with Crippen molar-refractivity contribution in [2.24, 2.45) is 0 Å². The number of hydrogen-bond acceptors (Lipinski definition) is 5. The van der Waals surface area contributed by atoms with Crippen molar-refractivity contribution in [3.63, 3.8) is 0 Å². The Bertz CT molecular complexity index is 1180. The van der Waals surface area contributed by atoms with E-state index in [1.807, 2.05) is 43.1 Å². The first-order chi connectivity index (χ1) is 16.4. The molecular formula is C27H32N6O. The largest absolute Gasteiger partial charge is 0.369 e. The SMILES string of the molecule is Cc1cccc(C)c1N1Cc2cnc(Cc3ccc(N4CCN(C)CC4)cc3)nc2N(C)C1=O. The zero-order valence-electron chi connectivity index (χ0n) is 20.5. The summed E-state index contributed by atoms with van der Waals surface area (Å²) in [5, 5.41) is 0. The van der Waals surface area contributed by atoms with Gasteiger partial charge in [-0.05, 0) is 49.7 Å². The molecule has 2 amide bonds. The van der Waals surface area contributed by atoms with Crippen LogP contribution in [-0.2, 0) is 13.0 Å². The quantitative estimate of drug-likeness (QED) is 0.594. The molecule has 7 nitrogen and oxygen atoms in total. The van der Waals surface area contributed by atoms with E-state index >= 15 is 0 Å². The van der Waals surface area contributed by atoms with E-state index in [9.17, 15) is 4.79 Å². The minimum atomic E-state index is -0.0638. The number of benzene rings is 2. The summed E-state index contributed by atoms with van der Waals surface area (Å²) in [5.41, 5.74) is 6.53. The van der Waals surface area contributed by atoms with Crippen LogP contribution in [0.2, 0.25) is 0 Å². The number of urea groups is 1. The van der Waals surface area contributed by atoms with Gasteiger partial charge in [0.1, 0.15) is 11.6 Å². The Morgan fingerprint density at radius 3 is 2.26 bits per heavy atom. The number of carbonyl (C=O) groups excluding carboxylic acids is 1. The van der Waals surface area contributed by atoms with Gasteiger partial charge in [-0.1, -0.05) is 30.3 Å². The minimum absolute atomic E-state index is 0.0638. The molecule has 0 unspecified atom stereocenters. The van der Waals surface area contributed by atoms with Crippen LogP contribution in [0.1, 0.15) is 28.1 Å². The van der Waals surface area contributed by atoms with Crippen LogP contribution >= 0.6 is 0 Å². The summed E-state index contributed by atoms with van der Waals surface area (Å²) >= 11 is 0. The van der Waals surface area contributed by atoms with Gasteiger partial charge in [0.15, 0.2) is 0 Å². The molecule has 2 aliphatic heterocycles. The van der Waals surface area contributed by atoms with Gasteiger partial charge in [0.05, 0.1) is 12.2 Å². The third-order valence-corrected chi connectivity index (χ3v) is 6.93. The first-order valence-electron chi connectivity index (χ1n) is 11.9. The lowest BCUT2D eigenvalue weighted by atomic mass is 10.1. The van der Waals surface area contributed by atoms with Crippen LogP contribution in [0.5, 0.6) is 0 Å². The number of hydrogen-bond donors (Lipinski definition) is 0. The maximum atomic E-state index is 13.3. The summed E-state index contributed by atoms with van der Waals surface area (Å²) in [6.45, 7) is 8.87. The molecule has 0 atom stereocenters. The van der Waals surface area contributed by atoms with Crippen molar-refractivity contribution in [1.82, 2.24) is 14.9 Å². The standard InChI is InChI=1S/C27H32N6O/c1-19-6-5-7-20(2)25(19)33-18-22-17-28-24(29-26(22)31(4)27(33)34)16-21-8-10-23(11-9-21)32-14-12-30(3)13-15-32/h5-11,17H,12-16,18H2,1-4H3. The second-order valence-electron chi connectivity index (χ2n) is 9.44. The van der Waals surface area contributed by atoms with E-state index in [2.05, 4.69) is 46.1 Å². The normalized spacial score (nSPS) is 16.7. The van der Waals surface area contributed by atoms with Crippen LogP contribution in [-0.4, -0.2) is 61.2 Å². The lowest BCUT2D eigenvalue weighted by Crippen LogP contribution is -2.46. The van der Waals surface area contributed by atoms with E-state index in [1.54, 1.807) is 11.9 Å². The molecule has 0 bridgehead atoms. The molecule has 0 aliphatic carbocycles. The molecule has 3 heterocycles. The summed E-state index contributed by atoms with van der Waals surface area (Å²) < 4.78 is 0. The van der Waals surface area contributed by atoms with Crippen molar-refractivity contribution >= 4 is 23.2 Å². The summed E-state index contributed by atoms with van der Waals surface area (Å²) in [4.78, 5) is 31.0. The Labute approximate surface area is 201 Å². The van der Waals surface area contributed by atoms with Crippen molar-refractivity contribution in [3.8, 4) is 0 Å². The number of aromatic nitrogens is 2. The highest BCUT2D eigenvalue weighted by atomic mass is 16.2. The molecule has 0 N–H and O–H groups in total. The molecule has 34 heavy (non-hydrogen) atoms. The number of anilines is 3. The summed E-state index contributed by atoms with van der Waals surface area (Å²) in [6, 6.07) is 14.7. The van der Waals surface area contributed by atoms with Crippen molar-refractivity contribution < 1.29 is 4.79 Å². The molecule has 2 aliphatic rings. The van der Waals surface area contributed by atoms with Crippen LogP contribution in [0, 0.1) is 13.8 Å². The summed E-state index contributed by atoms with van der Waals surface area (Å²) in [5.74, 6) is 1.43. The van der Waals surface area contributed by atoms with Crippen LogP contribution in [0.15, 0.2) is 48.7 Å². The fraction of sp³-hybridized carbons (Fsp3) is 0.370. The first-order valence-corrected chi connectivity index (χ1v) is 11.9. The first kappa shape index (κ1) is 22.3. The van der Waals surface area contributed by atoms with Crippen LogP contribution in [0.25, 0.3) is 0 Å². The van der Waals surface area contributed by atoms with Gasteiger partial charge in [-0.3, -0.25) is 9.80 Å². The highest BCUT2D eigenvalue weighted by Crippen LogP contribution is 2.33. The van der Waals surface area contributed by atoms with Crippen LogP contribution < -0.4 is 14.7 Å². The fourth-order valence-electron chi connectivity index (χ4n) is 4.91. The maximum Gasteiger partial charge on any atom is 0.330 e. The number of carbonyl (C=O) groups is 1. The molecule has 1 saturated heterocycles. The lowest BCUT2D eigenvalue weighted by Gasteiger charge is -2.35. The van der Waals surface area contributed by atoms with Crippen molar-refractivity contribution in [1.29, 1.82) is 0 Å². The van der Waals surface area contributed by atoms with Crippen molar-refractivity contribution in [3.05, 3.63) is 76.7 Å². The van der Waals surface area contributed by atoms with Gasteiger partial charge >= 0.3 is 6.03 Å². The third kappa shape index (κ3) is 4.23. The maximum absolute atomic E-state index is 13.3. The zero-order chi connectivity index (χ0) is 23.8. The predicted molar refractivity (Wildman–Crippen MR) is 137 cm³/mol. The number of nitrogens with zero attached hydrogens (tertiary/aromatic N) is 6. The lowest BCUT2D eigenvalue weighted by molar-refractivity contribution is 0.251. The molecule has 5 rings (SSSR count). The molecule has 1 fully saturated rings. The average Bonchev–Trinajstić information content (AvgIpc) is 2.83. The fourth-order valence-corrected chi connectivity index (χ4v) is 4.91. The average molecular weight is 457 g/mol. The minimum Gasteiger partial charge on any atom is -0.369 e. The smallest absolute Gasteiger partial charge is 0.330 e. The number of amides is 2. The second-order valence-corrected chi connectivity index (χ2v) is 9.44. The Balaban J connectivity index is 1.33. The number of rotatable bonds is 4. The van der Waals surface area contributed by atoms with E-state index in [0.717, 1.165) is 54.4 Å². The molecule has 176 valence electrons. The Hall–Kier alpha value is -3.45. The second kappa shape index (κ2) is 9.06. The van der Waals surface area contributed by atoms with Crippen LogP contribution in [0.3, 0.4) is 0 Å². The molecule has 3 aromatic rings. The van der Waals surface area contributed by atoms with E-state index in [-0.39, 0.29) is 6.03 Å². The number of piperazine rings is 1. The number of likely N-dealkylation sites (N-methyl/N-ethyl adjacent to an activating group) is 1. The van der Waals surface area contributed by atoms with Crippen LogP contribution in [0.4, 0.5) is 22.0 Å². The topological polar surface area (TPSA) is 55.8 Å². The van der Waals surface area contributed by atoms with E-state index in [0.29, 0.717) is 18.8 Å². The monoisotopic (exact) mass is 456 g/mol. The third-order valence-electron chi connectivity index (χ3n) is 6.93. The van der Waals surface area contributed by atoms with Gasteiger partial charge in [0.25, 0.3) is 0 Å². The summed E-state index contributed by atoms with van der Waals surface area (Å²) in [7, 11) is 3.97. The van der Waals surface area contributed by atoms with Crippen molar-refractivity contribution in [2.75, 3.05) is 55.0 Å². The highest BCUT2D eigenvalue weighted by molar-refractivity contribution is 6.05. The molecule has 0 spiro atoms. The van der Waals surface area contributed by atoms with E-state index < -0.39 is 0 Å². The van der Waals surface area contributed by atoms with Gasteiger partial charge in [-0.15, -0.1) is 0 Å². The molecule has 2 aromatic carbocycles.